The number of carboxylic acids is 1. The van der Waals surface area contributed by atoms with E-state index in [9.17, 15) is 0 Å². The smallest absolute Gasteiger partial charge is 0.300 e. The Labute approximate surface area is 71.0 Å². The zero-order chi connectivity index (χ0) is 9.56. The van der Waals surface area contributed by atoms with Crippen molar-refractivity contribution >= 4 is 11.8 Å². The fourth-order valence-corrected chi connectivity index (χ4v) is 0.479. The molecule has 0 radical (unpaired) electrons. The van der Waals surface area contributed by atoms with E-state index in [0.717, 1.165) is 12.5 Å². The minimum atomic E-state index is -0.833. The maximum absolute atomic E-state index is 9.00. The molecule has 4 heteroatoms. The first kappa shape index (κ1) is 10.4. The van der Waals surface area contributed by atoms with E-state index in [4.69, 9.17) is 15.6 Å². The highest BCUT2D eigenvalue weighted by molar-refractivity contribution is 5.62. The highest BCUT2D eigenvalue weighted by Gasteiger charge is 1.81. The van der Waals surface area contributed by atoms with E-state index in [1.165, 1.54) is 0 Å². The van der Waals surface area contributed by atoms with Crippen LogP contribution in [0.15, 0.2) is 18.3 Å². The van der Waals surface area contributed by atoms with E-state index < -0.39 is 5.97 Å². The second-order valence-electron chi connectivity index (χ2n) is 2.28. The summed E-state index contributed by atoms with van der Waals surface area (Å²) in [5.74, 6) is -0.254. The molecule has 0 spiro atoms. The molecule has 0 aromatic carbocycles. The van der Waals surface area contributed by atoms with Gasteiger partial charge < -0.3 is 10.8 Å². The fourth-order valence-electron chi connectivity index (χ4n) is 0.479. The summed E-state index contributed by atoms with van der Waals surface area (Å²) in [5.41, 5.74) is 6.45. The Morgan fingerprint density at radius 1 is 1.58 bits per heavy atom. The number of aliphatic carboxylic acids is 1. The average Bonchev–Trinajstić information content (AvgIpc) is 1.94. The molecule has 0 aliphatic rings. The van der Waals surface area contributed by atoms with Crippen molar-refractivity contribution < 1.29 is 9.90 Å². The zero-order valence-electron chi connectivity index (χ0n) is 7.11. The molecule has 0 bridgehead atoms. The number of anilines is 1. The molecule has 66 valence electrons. The number of aromatic nitrogens is 1. The van der Waals surface area contributed by atoms with Crippen LogP contribution in [0.1, 0.15) is 12.5 Å². The molecule has 0 fully saturated rings. The predicted octanol–water partition coefficient (Wildman–Crippen LogP) is 1.06. The third-order valence-electron chi connectivity index (χ3n) is 0.934. The van der Waals surface area contributed by atoms with Gasteiger partial charge in [0, 0.05) is 13.1 Å². The van der Waals surface area contributed by atoms with Crippen LogP contribution in [0.25, 0.3) is 0 Å². The van der Waals surface area contributed by atoms with Gasteiger partial charge in [0.05, 0.1) is 0 Å². The molecule has 1 aromatic heterocycles. The van der Waals surface area contributed by atoms with Crippen LogP contribution in [0.4, 0.5) is 5.82 Å². The van der Waals surface area contributed by atoms with Gasteiger partial charge in [0.15, 0.2) is 0 Å². The third-order valence-corrected chi connectivity index (χ3v) is 0.934. The number of carbonyl (C=O) groups is 1. The number of rotatable bonds is 0. The van der Waals surface area contributed by atoms with Crippen molar-refractivity contribution in [1.29, 1.82) is 0 Å². The van der Waals surface area contributed by atoms with Crippen LogP contribution in [0.5, 0.6) is 0 Å². The summed E-state index contributed by atoms with van der Waals surface area (Å²) in [5, 5.41) is 7.42. The molecular formula is C8H12N2O2. The molecule has 4 nitrogen and oxygen atoms in total. The first-order chi connectivity index (χ1) is 5.52. The Kier molecular flexibility index (Phi) is 4.45. The summed E-state index contributed by atoms with van der Waals surface area (Å²) in [7, 11) is 0. The number of aryl methyl sites for hydroxylation is 1. The highest BCUT2D eigenvalue weighted by atomic mass is 16.4. The molecule has 3 N–H and O–H groups in total. The topological polar surface area (TPSA) is 76.2 Å². The molecule has 0 atom stereocenters. The van der Waals surface area contributed by atoms with E-state index in [1.807, 2.05) is 13.0 Å². The maximum Gasteiger partial charge on any atom is 0.300 e. The largest absolute Gasteiger partial charge is 0.481 e. The Balaban J connectivity index is 0.000000261. The Morgan fingerprint density at radius 3 is 2.33 bits per heavy atom. The first-order valence-corrected chi connectivity index (χ1v) is 3.40. The normalized spacial score (nSPS) is 8.17. The van der Waals surface area contributed by atoms with Crippen molar-refractivity contribution in [2.24, 2.45) is 0 Å². The van der Waals surface area contributed by atoms with Crippen LogP contribution in [0, 0.1) is 6.92 Å². The Morgan fingerprint density at radius 2 is 2.08 bits per heavy atom. The quantitative estimate of drug-likeness (QED) is 0.607. The maximum atomic E-state index is 9.00. The second kappa shape index (κ2) is 5.12. The predicted molar refractivity (Wildman–Crippen MR) is 46.7 cm³/mol. The van der Waals surface area contributed by atoms with E-state index in [0.29, 0.717) is 5.82 Å². The van der Waals surface area contributed by atoms with Crippen LogP contribution >= 0.6 is 0 Å². The lowest BCUT2D eigenvalue weighted by atomic mass is 10.3. The van der Waals surface area contributed by atoms with Crippen molar-refractivity contribution in [3.8, 4) is 0 Å². The molecule has 0 saturated heterocycles. The van der Waals surface area contributed by atoms with Crippen LogP contribution in [0.2, 0.25) is 0 Å². The molecule has 0 aliphatic carbocycles. The van der Waals surface area contributed by atoms with Crippen molar-refractivity contribution in [2.45, 2.75) is 13.8 Å². The number of hydrogen-bond acceptors (Lipinski definition) is 3. The van der Waals surface area contributed by atoms with Crippen molar-refractivity contribution in [1.82, 2.24) is 4.98 Å². The van der Waals surface area contributed by atoms with Gasteiger partial charge in [-0.15, -0.1) is 0 Å². The van der Waals surface area contributed by atoms with E-state index in [-0.39, 0.29) is 0 Å². The Hall–Kier alpha value is -1.58. The van der Waals surface area contributed by atoms with Gasteiger partial charge in [-0.2, -0.15) is 0 Å². The van der Waals surface area contributed by atoms with Gasteiger partial charge in [0.1, 0.15) is 5.82 Å². The minimum Gasteiger partial charge on any atom is -0.481 e. The van der Waals surface area contributed by atoms with Gasteiger partial charge in [-0.05, 0) is 18.6 Å². The minimum absolute atomic E-state index is 0.579. The number of hydrogen-bond donors (Lipinski definition) is 2. The average molecular weight is 168 g/mol. The highest BCUT2D eigenvalue weighted by Crippen LogP contribution is 1.97. The molecule has 12 heavy (non-hydrogen) atoms. The standard InChI is InChI=1S/C6H8N2.C2H4O2/c1-5-2-3-6(7)8-4-5;1-2(3)4/h2-4H,1H3,(H2,7,8);1H3,(H,3,4). The number of nitrogens with zero attached hydrogens (tertiary/aromatic N) is 1. The van der Waals surface area contributed by atoms with Crippen LogP contribution in [-0.4, -0.2) is 16.1 Å². The fraction of sp³-hybridized carbons (Fsp3) is 0.250. The van der Waals surface area contributed by atoms with Crippen LogP contribution in [-0.2, 0) is 4.79 Å². The lowest BCUT2D eigenvalue weighted by Gasteiger charge is -1.89. The number of nitrogens with two attached hydrogens (primary N) is 1. The number of pyridine rings is 1. The summed E-state index contributed by atoms with van der Waals surface area (Å²) in [6.07, 6.45) is 1.75. The van der Waals surface area contributed by atoms with E-state index in [2.05, 4.69) is 4.98 Å². The summed E-state index contributed by atoms with van der Waals surface area (Å²) < 4.78 is 0. The van der Waals surface area contributed by atoms with Crippen molar-refractivity contribution in [3.05, 3.63) is 23.9 Å². The first-order valence-electron chi connectivity index (χ1n) is 3.40. The van der Waals surface area contributed by atoms with Crippen molar-refractivity contribution in [2.75, 3.05) is 5.73 Å². The van der Waals surface area contributed by atoms with Crippen molar-refractivity contribution in [3.63, 3.8) is 0 Å². The van der Waals surface area contributed by atoms with Gasteiger partial charge in [0.2, 0.25) is 0 Å². The molecule has 0 aliphatic heterocycles. The molecule has 0 amide bonds. The molecule has 1 heterocycles. The van der Waals surface area contributed by atoms with Gasteiger partial charge in [0.25, 0.3) is 5.97 Å². The summed E-state index contributed by atoms with van der Waals surface area (Å²) in [4.78, 5) is 12.9. The number of carboxylic acid groups (broad SMARTS) is 1. The third kappa shape index (κ3) is 6.54. The van der Waals surface area contributed by atoms with Gasteiger partial charge >= 0.3 is 0 Å². The molecule has 1 rings (SSSR count). The second-order valence-corrected chi connectivity index (χ2v) is 2.28. The summed E-state index contributed by atoms with van der Waals surface area (Å²) in [6.45, 7) is 3.06. The monoisotopic (exact) mass is 168 g/mol. The van der Waals surface area contributed by atoms with Crippen LogP contribution < -0.4 is 5.73 Å². The van der Waals surface area contributed by atoms with Gasteiger partial charge in [-0.3, -0.25) is 4.79 Å². The molecule has 1 aromatic rings. The SMILES string of the molecule is CC(=O)O.Cc1ccc(N)nc1. The van der Waals surface area contributed by atoms with Gasteiger partial charge in [-0.25, -0.2) is 4.98 Å². The molecular weight excluding hydrogens is 156 g/mol. The lowest BCUT2D eigenvalue weighted by Crippen LogP contribution is -1.87. The Bertz CT molecular complexity index is 219. The lowest BCUT2D eigenvalue weighted by molar-refractivity contribution is -0.134. The summed E-state index contributed by atoms with van der Waals surface area (Å²) >= 11 is 0. The molecule has 0 saturated carbocycles. The molecule has 0 unspecified atom stereocenters. The van der Waals surface area contributed by atoms with Gasteiger partial charge in [-0.1, -0.05) is 6.07 Å². The summed E-state index contributed by atoms with van der Waals surface area (Å²) in [6, 6.07) is 3.72. The van der Waals surface area contributed by atoms with Crippen LogP contribution in [0.3, 0.4) is 0 Å². The van der Waals surface area contributed by atoms with E-state index in [1.54, 1.807) is 12.3 Å². The van der Waals surface area contributed by atoms with E-state index >= 15 is 0 Å². The number of nitrogen functional groups attached to an aromatic ring is 1. The zero-order valence-corrected chi connectivity index (χ0v) is 7.11.